The lowest BCUT2D eigenvalue weighted by Crippen LogP contribution is -2.26. The second-order valence-corrected chi connectivity index (χ2v) is 7.34. The van der Waals surface area contributed by atoms with Crippen molar-refractivity contribution in [2.75, 3.05) is 7.11 Å². The molecule has 0 saturated carbocycles. The molecule has 1 atom stereocenters. The molecule has 4 rings (SSSR count). The number of hydrogen-bond donors (Lipinski definition) is 1. The fourth-order valence-corrected chi connectivity index (χ4v) is 3.69. The van der Waals surface area contributed by atoms with Crippen molar-refractivity contribution in [2.24, 2.45) is 0 Å². The van der Waals surface area contributed by atoms with Gasteiger partial charge in [0.15, 0.2) is 0 Å². The van der Waals surface area contributed by atoms with Gasteiger partial charge in [0.25, 0.3) is 5.91 Å². The second kappa shape index (κ2) is 7.50. The molecule has 2 aromatic carbocycles. The van der Waals surface area contributed by atoms with Crippen LogP contribution in [0, 0.1) is 6.92 Å². The van der Waals surface area contributed by atoms with E-state index in [1.54, 1.807) is 13.2 Å². The van der Waals surface area contributed by atoms with E-state index in [-0.39, 0.29) is 11.9 Å². The largest absolute Gasteiger partial charge is 0.496 e. The van der Waals surface area contributed by atoms with Crippen molar-refractivity contribution < 1.29 is 9.53 Å². The molecule has 2 heterocycles. The van der Waals surface area contributed by atoms with E-state index >= 15 is 0 Å². The minimum Gasteiger partial charge on any atom is -0.496 e. The Kier molecular flexibility index (Phi) is 4.90. The zero-order chi connectivity index (χ0) is 19.7. The van der Waals surface area contributed by atoms with Crippen molar-refractivity contribution >= 4 is 5.91 Å². The van der Waals surface area contributed by atoms with Gasteiger partial charge < -0.3 is 14.6 Å². The Morgan fingerprint density at radius 2 is 2.11 bits per heavy atom. The Bertz CT molecular complexity index is 1000. The van der Waals surface area contributed by atoms with E-state index in [9.17, 15) is 4.79 Å². The van der Waals surface area contributed by atoms with Crippen molar-refractivity contribution in [3.8, 4) is 17.0 Å². The lowest BCUT2D eigenvalue weighted by molar-refractivity contribution is 0.0939. The van der Waals surface area contributed by atoms with Gasteiger partial charge in [0.2, 0.25) is 0 Å². The highest BCUT2D eigenvalue weighted by molar-refractivity contribution is 5.95. The number of rotatable bonds is 5. The molecule has 0 saturated heterocycles. The third-order valence-electron chi connectivity index (χ3n) is 5.36. The van der Waals surface area contributed by atoms with Crippen molar-refractivity contribution in [3.05, 3.63) is 71.2 Å². The van der Waals surface area contributed by atoms with Crippen molar-refractivity contribution in [1.82, 2.24) is 14.9 Å². The zero-order valence-electron chi connectivity index (χ0n) is 16.5. The summed E-state index contributed by atoms with van der Waals surface area (Å²) in [7, 11) is 1.62. The first-order chi connectivity index (χ1) is 13.5. The van der Waals surface area contributed by atoms with Gasteiger partial charge in [-0.2, -0.15) is 0 Å². The molecule has 0 aliphatic carbocycles. The van der Waals surface area contributed by atoms with E-state index in [0.29, 0.717) is 5.56 Å². The van der Waals surface area contributed by atoms with Gasteiger partial charge in [0, 0.05) is 30.3 Å². The Hall–Kier alpha value is -3.08. The molecule has 1 aliphatic rings. The van der Waals surface area contributed by atoms with E-state index in [1.165, 1.54) is 6.42 Å². The van der Waals surface area contributed by atoms with Gasteiger partial charge in [-0.25, -0.2) is 4.98 Å². The average Bonchev–Trinajstić information content (AvgIpc) is 3.30. The molecule has 1 aliphatic heterocycles. The number of aromatic nitrogens is 2. The number of aryl methyl sites for hydroxylation is 3. The molecule has 0 fully saturated rings. The number of hydrogen-bond acceptors (Lipinski definition) is 3. The molecule has 1 unspecified atom stereocenters. The van der Waals surface area contributed by atoms with Gasteiger partial charge in [0.05, 0.1) is 18.8 Å². The molecule has 1 amide bonds. The number of nitrogens with zero attached hydrogens (tertiary/aromatic N) is 2. The molecule has 5 heteroatoms. The van der Waals surface area contributed by atoms with Crippen LogP contribution >= 0.6 is 0 Å². The maximum absolute atomic E-state index is 12.7. The Balaban J connectivity index is 1.51. The summed E-state index contributed by atoms with van der Waals surface area (Å²) in [5, 5.41) is 3.08. The van der Waals surface area contributed by atoms with Crippen LogP contribution in [-0.4, -0.2) is 22.6 Å². The standard InChI is InChI=1S/C23H25N3O2/c1-15-9-10-19(13-21(15)28-3)23(27)24-16(2)17-6-4-7-18(12-17)20-14-26-11-5-8-22(26)25-20/h4,6-7,9-10,12-14,16H,5,8,11H2,1-3H3,(H,24,27). The molecule has 28 heavy (non-hydrogen) atoms. The third kappa shape index (κ3) is 3.52. The number of carbonyl (C=O) groups is 1. The number of fused-ring (bicyclic) bond motifs is 1. The fourth-order valence-electron chi connectivity index (χ4n) is 3.69. The fraction of sp³-hybridized carbons (Fsp3) is 0.304. The predicted molar refractivity (Wildman–Crippen MR) is 110 cm³/mol. The second-order valence-electron chi connectivity index (χ2n) is 7.34. The Morgan fingerprint density at radius 1 is 1.25 bits per heavy atom. The molecule has 1 aromatic heterocycles. The van der Waals surface area contributed by atoms with Crippen LogP contribution in [0.4, 0.5) is 0 Å². The van der Waals surface area contributed by atoms with Crippen LogP contribution in [-0.2, 0) is 13.0 Å². The normalized spacial score (nSPS) is 13.8. The molecular formula is C23H25N3O2. The maximum atomic E-state index is 12.7. The van der Waals surface area contributed by atoms with Crippen LogP contribution in [0.5, 0.6) is 5.75 Å². The lowest BCUT2D eigenvalue weighted by Gasteiger charge is -2.16. The molecule has 0 bridgehead atoms. The number of ether oxygens (including phenoxy) is 1. The third-order valence-corrected chi connectivity index (χ3v) is 5.36. The van der Waals surface area contributed by atoms with Crippen LogP contribution in [0.1, 0.15) is 46.7 Å². The summed E-state index contributed by atoms with van der Waals surface area (Å²) < 4.78 is 7.56. The summed E-state index contributed by atoms with van der Waals surface area (Å²) in [6, 6.07) is 13.6. The van der Waals surface area contributed by atoms with Gasteiger partial charge in [-0.15, -0.1) is 0 Å². The highest BCUT2D eigenvalue weighted by atomic mass is 16.5. The van der Waals surface area contributed by atoms with Crippen molar-refractivity contribution in [1.29, 1.82) is 0 Å². The summed E-state index contributed by atoms with van der Waals surface area (Å²) in [6.45, 7) is 5.00. The van der Waals surface area contributed by atoms with E-state index in [4.69, 9.17) is 9.72 Å². The number of amides is 1. The molecule has 1 N–H and O–H groups in total. The van der Waals surface area contributed by atoms with Gasteiger partial charge >= 0.3 is 0 Å². The van der Waals surface area contributed by atoms with Crippen molar-refractivity contribution in [3.63, 3.8) is 0 Å². The molecule has 144 valence electrons. The Labute approximate surface area is 165 Å². The minimum absolute atomic E-state index is 0.114. The molecule has 3 aromatic rings. The Morgan fingerprint density at radius 3 is 2.89 bits per heavy atom. The van der Waals surface area contributed by atoms with Crippen LogP contribution in [0.3, 0.4) is 0 Å². The van der Waals surface area contributed by atoms with Crippen LogP contribution in [0.15, 0.2) is 48.7 Å². The maximum Gasteiger partial charge on any atom is 0.251 e. The van der Waals surface area contributed by atoms with E-state index < -0.39 is 0 Å². The number of benzene rings is 2. The molecule has 0 spiro atoms. The number of methoxy groups -OCH3 is 1. The molecule has 5 nitrogen and oxygen atoms in total. The number of carbonyl (C=O) groups excluding carboxylic acids is 1. The number of imidazole rings is 1. The smallest absolute Gasteiger partial charge is 0.251 e. The van der Waals surface area contributed by atoms with Gasteiger partial charge in [0.1, 0.15) is 11.6 Å². The van der Waals surface area contributed by atoms with Gasteiger partial charge in [-0.1, -0.05) is 24.3 Å². The zero-order valence-corrected chi connectivity index (χ0v) is 16.5. The summed E-state index contributed by atoms with van der Waals surface area (Å²) in [5.41, 5.74) is 4.73. The van der Waals surface area contributed by atoms with E-state index in [2.05, 4.69) is 28.2 Å². The summed E-state index contributed by atoms with van der Waals surface area (Å²) in [6.07, 6.45) is 4.35. The first-order valence-corrected chi connectivity index (χ1v) is 9.67. The lowest BCUT2D eigenvalue weighted by atomic mass is 10.0. The predicted octanol–water partition coefficient (Wildman–Crippen LogP) is 4.30. The summed E-state index contributed by atoms with van der Waals surface area (Å²) in [5.74, 6) is 1.77. The minimum atomic E-state index is -0.116. The monoisotopic (exact) mass is 375 g/mol. The van der Waals surface area contributed by atoms with E-state index in [1.807, 2.05) is 38.1 Å². The highest BCUT2D eigenvalue weighted by Crippen LogP contribution is 2.26. The molecular weight excluding hydrogens is 350 g/mol. The number of nitrogens with one attached hydrogen (secondary N) is 1. The summed E-state index contributed by atoms with van der Waals surface area (Å²) in [4.78, 5) is 17.4. The SMILES string of the molecule is COc1cc(C(=O)NC(C)c2cccc(-c3cn4c(n3)CCC4)c2)ccc1C. The first kappa shape index (κ1) is 18.3. The van der Waals surface area contributed by atoms with Crippen LogP contribution < -0.4 is 10.1 Å². The van der Waals surface area contributed by atoms with Gasteiger partial charge in [-0.3, -0.25) is 4.79 Å². The van der Waals surface area contributed by atoms with Crippen LogP contribution in [0.25, 0.3) is 11.3 Å². The summed E-state index contributed by atoms with van der Waals surface area (Å²) >= 11 is 0. The van der Waals surface area contributed by atoms with Gasteiger partial charge in [-0.05, 0) is 49.6 Å². The quantitative estimate of drug-likeness (QED) is 0.723. The van der Waals surface area contributed by atoms with Crippen molar-refractivity contribution in [2.45, 2.75) is 39.3 Å². The molecule has 0 radical (unpaired) electrons. The van der Waals surface area contributed by atoms with E-state index in [0.717, 1.165) is 46.9 Å². The highest BCUT2D eigenvalue weighted by Gasteiger charge is 2.16. The van der Waals surface area contributed by atoms with Crippen LogP contribution in [0.2, 0.25) is 0 Å². The topological polar surface area (TPSA) is 56.1 Å². The average molecular weight is 375 g/mol. The first-order valence-electron chi connectivity index (χ1n) is 9.67.